The Hall–Kier alpha value is -2.68. The van der Waals surface area contributed by atoms with E-state index in [1.807, 2.05) is 6.08 Å². The first kappa shape index (κ1) is 28.4. The summed E-state index contributed by atoms with van der Waals surface area (Å²) in [6, 6.07) is 9.24. The number of hydrogen-bond acceptors (Lipinski definition) is 5. The number of carbonyl (C=O) groups is 2. The van der Waals surface area contributed by atoms with Crippen molar-refractivity contribution in [3.8, 4) is 11.8 Å². The highest BCUT2D eigenvalue weighted by atomic mass is 16.5. The summed E-state index contributed by atoms with van der Waals surface area (Å²) in [6.07, 6.45) is 10.6. The van der Waals surface area contributed by atoms with Gasteiger partial charge in [-0.1, -0.05) is 43.4 Å². The molecular formula is C36H45NO4. The fourth-order valence-electron chi connectivity index (χ4n) is 9.53. The molecule has 6 rings (SSSR count). The topological polar surface area (TPSA) is 66.8 Å². The van der Waals surface area contributed by atoms with Crippen LogP contribution >= 0.6 is 0 Å². The Labute approximate surface area is 245 Å². The van der Waals surface area contributed by atoms with Crippen molar-refractivity contribution < 1.29 is 19.4 Å². The molecule has 0 aromatic heterocycles. The molecule has 5 nitrogen and oxygen atoms in total. The number of allylic oxidation sites excluding steroid dienone is 4. The lowest BCUT2D eigenvalue weighted by molar-refractivity contribution is -0.136. The lowest BCUT2D eigenvalue weighted by atomic mass is 9.47. The molecular weight excluding hydrogens is 510 g/mol. The number of aliphatic hydroxyl groups is 1. The van der Waals surface area contributed by atoms with Crippen LogP contribution in [0.2, 0.25) is 0 Å². The van der Waals surface area contributed by atoms with Gasteiger partial charge in [-0.05, 0) is 109 Å². The summed E-state index contributed by atoms with van der Waals surface area (Å²) in [7, 11) is 1.58. The molecule has 5 aliphatic rings. The molecule has 1 N–H and O–H groups in total. The zero-order valence-electron chi connectivity index (χ0n) is 25.0. The van der Waals surface area contributed by atoms with Gasteiger partial charge in [0.05, 0.1) is 5.41 Å². The molecule has 41 heavy (non-hydrogen) atoms. The summed E-state index contributed by atoms with van der Waals surface area (Å²) in [4.78, 5) is 28.9. The first-order chi connectivity index (χ1) is 19.8. The number of ether oxygens (including phenoxy) is 1. The van der Waals surface area contributed by atoms with E-state index in [4.69, 9.17) is 4.74 Å². The van der Waals surface area contributed by atoms with Crippen molar-refractivity contribution in [3.63, 3.8) is 0 Å². The molecule has 1 unspecified atom stereocenters. The van der Waals surface area contributed by atoms with Crippen LogP contribution in [0.15, 0.2) is 47.1 Å². The molecule has 0 amide bonds. The maximum Gasteiger partial charge on any atom is 0.176 e. The normalized spacial score (nSPS) is 34.7. The Morgan fingerprint density at radius 2 is 1.90 bits per heavy atom. The molecule has 4 aliphatic carbocycles. The van der Waals surface area contributed by atoms with Crippen LogP contribution in [0.4, 0.5) is 5.69 Å². The smallest absolute Gasteiger partial charge is 0.176 e. The number of Topliss-reactive ketones (excluding diaryl/α,β-unsaturated/α-hetero) is 1. The van der Waals surface area contributed by atoms with Crippen molar-refractivity contribution in [1.29, 1.82) is 0 Å². The molecule has 0 radical (unpaired) electrons. The van der Waals surface area contributed by atoms with Crippen LogP contribution in [-0.2, 0) is 14.3 Å². The molecule has 218 valence electrons. The minimum absolute atomic E-state index is 0.0433. The molecule has 1 heterocycles. The molecule has 2 saturated carbocycles. The quantitative estimate of drug-likeness (QED) is 0.450. The van der Waals surface area contributed by atoms with E-state index in [0.717, 1.165) is 38.8 Å². The molecule has 1 saturated heterocycles. The number of ketones is 2. The number of methoxy groups -OCH3 is 1. The summed E-state index contributed by atoms with van der Waals surface area (Å²) in [5.41, 5.74) is 5.62. The summed E-state index contributed by atoms with van der Waals surface area (Å²) < 4.78 is 5.40. The van der Waals surface area contributed by atoms with Gasteiger partial charge in [-0.3, -0.25) is 9.59 Å². The standard InChI is InChI=1S/C36H45NO4/c1-24-20-30-32-14-16-36(15-7-19-38,33(40)23-41-3)35(32,2)22-31(34(30)28-13-12-27(39)21-29(24)28)25-8-10-26(11-9-25)37-17-5-4-6-18-37/h8-11,21,24,30-32,38H,4-6,12-14,16-20,22-23H2,1-3H3/t24?,30-,31+,32-,35-,36+/m0/s1. The van der Waals surface area contributed by atoms with Gasteiger partial charge in [0.1, 0.15) is 13.2 Å². The molecule has 1 aromatic carbocycles. The number of fused-ring (bicyclic) bond motifs is 4. The summed E-state index contributed by atoms with van der Waals surface area (Å²) in [5.74, 6) is 7.74. The fourth-order valence-corrected chi connectivity index (χ4v) is 9.53. The van der Waals surface area contributed by atoms with Crippen LogP contribution < -0.4 is 4.90 Å². The van der Waals surface area contributed by atoms with Crippen LogP contribution in [0, 0.1) is 40.4 Å². The Bertz CT molecular complexity index is 1320. The number of nitrogens with zero attached hydrogens (tertiary/aromatic N) is 1. The predicted molar refractivity (Wildman–Crippen MR) is 161 cm³/mol. The lowest BCUT2D eigenvalue weighted by Crippen LogP contribution is -2.52. The number of piperidine rings is 1. The van der Waals surface area contributed by atoms with Gasteiger partial charge in [0, 0.05) is 38.2 Å². The molecule has 1 aliphatic heterocycles. The minimum Gasteiger partial charge on any atom is -0.384 e. The van der Waals surface area contributed by atoms with Gasteiger partial charge in [0.2, 0.25) is 0 Å². The first-order valence-electron chi connectivity index (χ1n) is 15.8. The van der Waals surface area contributed by atoms with Crippen molar-refractivity contribution in [2.45, 2.75) is 77.6 Å². The van der Waals surface area contributed by atoms with E-state index in [-0.39, 0.29) is 36.1 Å². The van der Waals surface area contributed by atoms with Gasteiger partial charge in [-0.25, -0.2) is 0 Å². The zero-order chi connectivity index (χ0) is 28.8. The third kappa shape index (κ3) is 4.63. The highest BCUT2D eigenvalue weighted by Gasteiger charge is 2.65. The number of hydrogen-bond donors (Lipinski definition) is 1. The van der Waals surface area contributed by atoms with Crippen LogP contribution in [-0.4, -0.2) is 50.1 Å². The molecule has 1 aromatic rings. The first-order valence-corrected chi connectivity index (χ1v) is 15.8. The van der Waals surface area contributed by atoms with E-state index in [1.165, 1.54) is 47.2 Å². The number of aliphatic hydroxyl groups excluding tert-OH is 1. The third-order valence-electron chi connectivity index (χ3n) is 11.4. The Balaban J connectivity index is 1.49. The number of rotatable bonds is 5. The van der Waals surface area contributed by atoms with Crippen molar-refractivity contribution in [1.82, 2.24) is 0 Å². The monoisotopic (exact) mass is 555 g/mol. The molecule has 6 atom stereocenters. The molecule has 0 bridgehead atoms. The summed E-state index contributed by atoms with van der Waals surface area (Å²) >= 11 is 0. The van der Waals surface area contributed by atoms with E-state index in [1.54, 1.807) is 7.11 Å². The largest absolute Gasteiger partial charge is 0.384 e. The average Bonchev–Trinajstić information content (AvgIpc) is 3.29. The maximum absolute atomic E-state index is 13.9. The maximum atomic E-state index is 13.9. The average molecular weight is 556 g/mol. The van der Waals surface area contributed by atoms with Gasteiger partial charge in [0.15, 0.2) is 11.6 Å². The number of anilines is 1. The second-order valence-corrected chi connectivity index (χ2v) is 13.4. The van der Waals surface area contributed by atoms with E-state index in [0.29, 0.717) is 30.6 Å². The number of carbonyl (C=O) groups excluding carboxylic acids is 2. The fraction of sp³-hybridized carbons (Fsp3) is 0.611. The Morgan fingerprint density at radius 1 is 1.15 bits per heavy atom. The SMILES string of the molecule is COCC(=O)[C@@]1(C#CCO)CC[C@H]2[C@@H]3CC(C)C4=CC(=O)CCC4=C3[C@@H](c3ccc(N4CCCCC4)cc3)C[C@@]21C. The minimum atomic E-state index is -0.833. The van der Waals surface area contributed by atoms with Crippen molar-refractivity contribution in [3.05, 3.63) is 52.6 Å². The van der Waals surface area contributed by atoms with Crippen LogP contribution in [0.5, 0.6) is 0 Å². The van der Waals surface area contributed by atoms with Crippen molar-refractivity contribution >= 4 is 17.3 Å². The van der Waals surface area contributed by atoms with E-state index < -0.39 is 5.41 Å². The summed E-state index contributed by atoms with van der Waals surface area (Å²) in [6.45, 7) is 6.62. The van der Waals surface area contributed by atoms with Gasteiger partial charge >= 0.3 is 0 Å². The Morgan fingerprint density at radius 3 is 2.61 bits per heavy atom. The van der Waals surface area contributed by atoms with Crippen LogP contribution in [0.25, 0.3) is 0 Å². The molecule has 5 heteroatoms. The van der Waals surface area contributed by atoms with Crippen molar-refractivity contribution in [2.75, 3.05) is 38.3 Å². The van der Waals surface area contributed by atoms with E-state index >= 15 is 0 Å². The van der Waals surface area contributed by atoms with Gasteiger partial charge in [-0.2, -0.15) is 0 Å². The van der Waals surface area contributed by atoms with Crippen LogP contribution in [0.1, 0.15) is 83.1 Å². The molecule has 0 spiro atoms. The van der Waals surface area contributed by atoms with E-state index in [9.17, 15) is 14.7 Å². The third-order valence-corrected chi connectivity index (χ3v) is 11.4. The van der Waals surface area contributed by atoms with E-state index in [2.05, 4.69) is 54.9 Å². The van der Waals surface area contributed by atoms with Crippen LogP contribution in [0.3, 0.4) is 0 Å². The van der Waals surface area contributed by atoms with Gasteiger partial charge in [-0.15, -0.1) is 0 Å². The highest BCUT2D eigenvalue weighted by molar-refractivity contribution is 5.93. The second kappa shape index (κ2) is 11.2. The zero-order valence-corrected chi connectivity index (χ0v) is 25.0. The van der Waals surface area contributed by atoms with Crippen molar-refractivity contribution in [2.24, 2.45) is 28.6 Å². The second-order valence-electron chi connectivity index (χ2n) is 13.4. The van der Waals surface area contributed by atoms with Gasteiger partial charge in [0.25, 0.3) is 0 Å². The van der Waals surface area contributed by atoms with Gasteiger partial charge < -0.3 is 14.7 Å². The molecule has 3 fully saturated rings. The predicted octanol–water partition coefficient (Wildman–Crippen LogP) is 6.02. The number of benzene rings is 1. The lowest BCUT2D eigenvalue weighted by Gasteiger charge is -2.55. The summed E-state index contributed by atoms with van der Waals surface area (Å²) in [5, 5.41) is 9.71. The Kier molecular flexibility index (Phi) is 7.76. The highest BCUT2D eigenvalue weighted by Crippen LogP contribution is 2.70.